The summed E-state index contributed by atoms with van der Waals surface area (Å²) in [5.41, 5.74) is 11.2. The maximum absolute atomic E-state index is 10.8. The molecule has 0 heterocycles. The minimum atomic E-state index is -1.21. The fourth-order valence-electron chi connectivity index (χ4n) is 1.49. The molecule has 0 bridgehead atoms. The van der Waals surface area contributed by atoms with Gasteiger partial charge in [0.25, 0.3) is 0 Å². The lowest BCUT2D eigenvalue weighted by Crippen LogP contribution is -2.33. The van der Waals surface area contributed by atoms with E-state index in [4.69, 9.17) is 21.7 Å². The van der Waals surface area contributed by atoms with Gasteiger partial charge in [-0.05, 0) is 18.1 Å². The number of carboxylic acids is 2. The van der Waals surface area contributed by atoms with Crippen LogP contribution < -0.4 is 11.5 Å². The van der Waals surface area contributed by atoms with Gasteiger partial charge in [-0.25, -0.2) is 0 Å². The Hall–Kier alpha value is -1.97. The van der Waals surface area contributed by atoms with Crippen LogP contribution in [0.2, 0.25) is 0 Å². The Labute approximate surface area is 124 Å². The number of phenolic OH excluding ortho intramolecular Hbond substituents is 2. The maximum atomic E-state index is 10.8. The summed E-state index contributed by atoms with van der Waals surface area (Å²) in [5.74, 6) is -3.31. The Kier molecular flexibility index (Phi) is 5.82. The van der Waals surface area contributed by atoms with Gasteiger partial charge < -0.3 is 31.9 Å². The Bertz CT molecular complexity index is 551. The van der Waals surface area contributed by atoms with Gasteiger partial charge >= 0.3 is 11.9 Å². The van der Waals surface area contributed by atoms with Crippen molar-refractivity contribution in [3.05, 3.63) is 17.7 Å². The molecular formula is C12H16N2O6S. The van der Waals surface area contributed by atoms with Crippen molar-refractivity contribution < 1.29 is 30.0 Å². The predicted octanol–water partition coefficient (Wildman–Crippen LogP) is -0.444. The molecule has 0 radical (unpaired) electrons. The highest BCUT2D eigenvalue weighted by Gasteiger charge is 2.20. The lowest BCUT2D eigenvalue weighted by atomic mass is 10.1. The number of hydrogen-bond donors (Lipinski definition) is 6. The fraction of sp³-hybridized carbons (Fsp3) is 0.333. The van der Waals surface area contributed by atoms with E-state index in [9.17, 15) is 19.8 Å². The van der Waals surface area contributed by atoms with Gasteiger partial charge in [-0.2, -0.15) is 0 Å². The molecule has 0 aromatic heterocycles. The molecule has 0 saturated carbocycles. The largest absolute Gasteiger partial charge is 0.504 e. The van der Waals surface area contributed by atoms with Crippen LogP contribution in [0.25, 0.3) is 0 Å². The Morgan fingerprint density at radius 2 is 1.67 bits per heavy atom. The van der Waals surface area contributed by atoms with Gasteiger partial charge in [-0.1, -0.05) is 6.07 Å². The van der Waals surface area contributed by atoms with Crippen molar-refractivity contribution in [2.75, 3.05) is 5.75 Å². The molecule has 0 saturated heterocycles. The van der Waals surface area contributed by atoms with Gasteiger partial charge in [0.2, 0.25) is 0 Å². The van der Waals surface area contributed by atoms with Crippen molar-refractivity contribution in [1.29, 1.82) is 0 Å². The topological polar surface area (TPSA) is 167 Å². The summed E-state index contributed by atoms with van der Waals surface area (Å²) in [5, 5.41) is 36.8. The molecule has 9 heteroatoms. The zero-order valence-corrected chi connectivity index (χ0v) is 11.7. The third-order valence-corrected chi connectivity index (χ3v) is 3.94. The summed E-state index contributed by atoms with van der Waals surface area (Å²) in [4.78, 5) is 21.6. The average Bonchev–Trinajstić information content (AvgIpc) is 2.41. The van der Waals surface area contributed by atoms with E-state index < -0.39 is 35.5 Å². The van der Waals surface area contributed by atoms with Gasteiger partial charge in [-0.15, -0.1) is 11.8 Å². The van der Waals surface area contributed by atoms with Gasteiger partial charge in [0.15, 0.2) is 11.5 Å². The Morgan fingerprint density at radius 3 is 2.19 bits per heavy atom. The second-order valence-electron chi connectivity index (χ2n) is 4.33. The summed E-state index contributed by atoms with van der Waals surface area (Å²) < 4.78 is 0. The number of thioether (sulfide) groups is 1. The van der Waals surface area contributed by atoms with E-state index in [0.717, 1.165) is 11.8 Å². The molecule has 0 amide bonds. The molecule has 0 spiro atoms. The Balaban J connectivity index is 3.00. The first kappa shape index (κ1) is 17.1. The third-order valence-electron chi connectivity index (χ3n) is 2.67. The molecule has 1 aromatic carbocycles. The van der Waals surface area contributed by atoms with Crippen LogP contribution in [-0.2, 0) is 16.0 Å². The van der Waals surface area contributed by atoms with Crippen molar-refractivity contribution >= 4 is 23.7 Å². The van der Waals surface area contributed by atoms with Gasteiger partial charge in [0.05, 0.1) is 4.90 Å². The lowest BCUT2D eigenvalue weighted by molar-refractivity contribution is -0.139. The first-order valence-electron chi connectivity index (χ1n) is 5.87. The monoisotopic (exact) mass is 316 g/mol. The highest BCUT2D eigenvalue weighted by Crippen LogP contribution is 2.39. The first-order chi connectivity index (χ1) is 9.73. The second kappa shape index (κ2) is 7.16. The first-order valence-corrected chi connectivity index (χ1v) is 6.86. The van der Waals surface area contributed by atoms with Crippen molar-refractivity contribution in [3.8, 4) is 11.5 Å². The zero-order chi connectivity index (χ0) is 16.2. The van der Waals surface area contributed by atoms with Crippen LogP contribution in [0, 0.1) is 0 Å². The van der Waals surface area contributed by atoms with E-state index >= 15 is 0 Å². The predicted molar refractivity (Wildman–Crippen MR) is 75.4 cm³/mol. The van der Waals surface area contributed by atoms with E-state index in [0.29, 0.717) is 5.56 Å². The summed E-state index contributed by atoms with van der Waals surface area (Å²) in [6.45, 7) is 0. The number of aromatic hydroxyl groups is 2. The molecule has 8 N–H and O–H groups in total. The minimum absolute atomic E-state index is 0.0539. The molecule has 0 unspecified atom stereocenters. The van der Waals surface area contributed by atoms with Crippen LogP contribution >= 0.6 is 11.8 Å². The summed E-state index contributed by atoms with van der Waals surface area (Å²) in [7, 11) is 0. The normalized spacial score (nSPS) is 13.6. The standard InChI is InChI=1S/C12H16N2O6S/c13-6(11(17)18)3-5-1-2-8(15)9(16)10(5)21-4-7(14)12(19)20/h1-2,6-7,15-16H,3-4,13-14H2,(H,17,18)(H,19,20)/t6-,7-/m0/s1. The van der Waals surface area contributed by atoms with E-state index in [1.807, 2.05) is 0 Å². The highest BCUT2D eigenvalue weighted by molar-refractivity contribution is 7.99. The smallest absolute Gasteiger partial charge is 0.321 e. The highest BCUT2D eigenvalue weighted by atomic mass is 32.2. The van der Waals surface area contributed by atoms with Crippen molar-refractivity contribution in [1.82, 2.24) is 0 Å². The van der Waals surface area contributed by atoms with Crippen molar-refractivity contribution in [2.45, 2.75) is 23.4 Å². The number of carboxylic acid groups (broad SMARTS) is 2. The van der Waals surface area contributed by atoms with Crippen molar-refractivity contribution in [3.63, 3.8) is 0 Å². The fourth-order valence-corrected chi connectivity index (χ4v) is 2.56. The van der Waals surface area contributed by atoms with E-state index in [1.54, 1.807) is 0 Å². The van der Waals surface area contributed by atoms with E-state index in [1.165, 1.54) is 12.1 Å². The van der Waals surface area contributed by atoms with Gasteiger partial charge in [-0.3, -0.25) is 9.59 Å². The SMILES string of the molecule is N[C@@H](CSc1c(C[C@H](N)C(=O)O)ccc(O)c1O)C(=O)O. The summed E-state index contributed by atoms with van der Waals surface area (Å²) >= 11 is 0.914. The van der Waals surface area contributed by atoms with E-state index in [2.05, 4.69) is 0 Å². The summed E-state index contributed by atoms with van der Waals surface area (Å²) in [6.07, 6.45) is -0.0756. The average molecular weight is 316 g/mol. The molecule has 1 rings (SSSR count). The number of rotatable bonds is 7. The number of benzene rings is 1. The van der Waals surface area contributed by atoms with Crippen LogP contribution in [-0.4, -0.2) is 50.2 Å². The van der Waals surface area contributed by atoms with Crippen LogP contribution in [0.3, 0.4) is 0 Å². The number of carbonyl (C=O) groups is 2. The van der Waals surface area contributed by atoms with Gasteiger partial charge in [0.1, 0.15) is 12.1 Å². The molecule has 21 heavy (non-hydrogen) atoms. The quantitative estimate of drug-likeness (QED) is 0.288. The van der Waals surface area contributed by atoms with Crippen LogP contribution in [0.4, 0.5) is 0 Å². The molecule has 0 aliphatic carbocycles. The van der Waals surface area contributed by atoms with Gasteiger partial charge in [0, 0.05) is 5.75 Å². The number of nitrogens with two attached hydrogens (primary N) is 2. The molecule has 0 aliphatic heterocycles. The molecular weight excluding hydrogens is 300 g/mol. The summed E-state index contributed by atoms with van der Waals surface area (Å²) in [6, 6.07) is 0.298. The number of hydrogen-bond acceptors (Lipinski definition) is 7. The number of aliphatic carboxylic acids is 2. The molecule has 0 fully saturated rings. The molecule has 8 nitrogen and oxygen atoms in total. The number of phenols is 2. The molecule has 116 valence electrons. The van der Waals surface area contributed by atoms with Crippen molar-refractivity contribution in [2.24, 2.45) is 11.5 Å². The van der Waals surface area contributed by atoms with E-state index in [-0.39, 0.29) is 17.1 Å². The van der Waals surface area contributed by atoms with Crippen LogP contribution in [0.1, 0.15) is 5.56 Å². The van der Waals surface area contributed by atoms with Crippen LogP contribution in [0.15, 0.2) is 17.0 Å². The zero-order valence-electron chi connectivity index (χ0n) is 10.9. The maximum Gasteiger partial charge on any atom is 0.321 e. The lowest BCUT2D eigenvalue weighted by Gasteiger charge is -2.15. The minimum Gasteiger partial charge on any atom is -0.504 e. The molecule has 2 atom stereocenters. The Morgan fingerprint density at radius 1 is 1.10 bits per heavy atom. The second-order valence-corrected chi connectivity index (χ2v) is 5.36. The van der Waals surface area contributed by atoms with Crippen LogP contribution in [0.5, 0.6) is 11.5 Å². The third kappa shape index (κ3) is 4.52. The molecule has 1 aromatic rings. The molecule has 0 aliphatic rings.